The van der Waals surface area contributed by atoms with Gasteiger partial charge in [0.15, 0.2) is 5.78 Å². The molecule has 1 aliphatic heterocycles. The van der Waals surface area contributed by atoms with Gasteiger partial charge in [0.1, 0.15) is 6.67 Å². The summed E-state index contributed by atoms with van der Waals surface area (Å²) in [6.07, 6.45) is 0. The van der Waals surface area contributed by atoms with Gasteiger partial charge in [0.05, 0.1) is 5.69 Å². The van der Waals surface area contributed by atoms with Crippen molar-refractivity contribution in [3.8, 4) is 0 Å². The van der Waals surface area contributed by atoms with Crippen molar-refractivity contribution in [1.82, 2.24) is 10.4 Å². The van der Waals surface area contributed by atoms with Gasteiger partial charge in [0, 0.05) is 19.0 Å². The second kappa shape index (κ2) is 4.73. The molecule has 1 aliphatic rings. The van der Waals surface area contributed by atoms with Gasteiger partial charge in [0.25, 0.3) is 0 Å². The maximum atomic E-state index is 11.3. The SMILES string of the molecule is CC(=O)C1=NN(c2ccc(Cl)cc2)CN(C)N1. The minimum Gasteiger partial charge on any atom is -0.297 e. The number of carbonyl (C=O) groups is 1. The molecule has 0 radical (unpaired) electrons. The average Bonchev–Trinajstić information content (AvgIpc) is 2.29. The fourth-order valence-electron chi connectivity index (χ4n) is 1.49. The molecule has 0 unspecified atom stereocenters. The number of halogens is 1. The zero-order valence-corrected chi connectivity index (χ0v) is 10.4. The molecule has 0 saturated carbocycles. The summed E-state index contributed by atoms with van der Waals surface area (Å²) in [6, 6.07) is 7.31. The lowest BCUT2D eigenvalue weighted by atomic mass is 10.3. The highest BCUT2D eigenvalue weighted by Gasteiger charge is 2.19. The molecular weight excluding hydrogens is 240 g/mol. The molecule has 1 N–H and O–H groups in total. The Morgan fingerprint density at radius 2 is 2.06 bits per heavy atom. The summed E-state index contributed by atoms with van der Waals surface area (Å²) in [5, 5.41) is 8.44. The smallest absolute Gasteiger partial charge is 0.204 e. The molecule has 0 atom stereocenters. The Kier molecular flexibility index (Phi) is 3.31. The van der Waals surface area contributed by atoms with Crippen LogP contribution < -0.4 is 10.4 Å². The van der Waals surface area contributed by atoms with Crippen molar-refractivity contribution in [2.24, 2.45) is 5.10 Å². The van der Waals surface area contributed by atoms with Crippen LogP contribution in [0, 0.1) is 0 Å². The lowest BCUT2D eigenvalue weighted by Crippen LogP contribution is -2.52. The number of anilines is 1. The number of rotatable bonds is 2. The predicted molar refractivity (Wildman–Crippen MR) is 67.8 cm³/mol. The molecule has 0 aliphatic carbocycles. The van der Waals surface area contributed by atoms with Crippen LogP contribution in [0.4, 0.5) is 5.69 Å². The summed E-state index contributed by atoms with van der Waals surface area (Å²) in [5.74, 6) is 0.226. The fraction of sp³-hybridized carbons (Fsp3) is 0.273. The van der Waals surface area contributed by atoms with E-state index in [2.05, 4.69) is 10.5 Å². The first kappa shape index (κ1) is 11.9. The summed E-state index contributed by atoms with van der Waals surface area (Å²) in [4.78, 5) is 11.3. The Hall–Kier alpha value is -1.59. The van der Waals surface area contributed by atoms with Gasteiger partial charge in [0.2, 0.25) is 5.84 Å². The van der Waals surface area contributed by atoms with Crippen LogP contribution in [0.15, 0.2) is 29.4 Å². The fourth-order valence-corrected chi connectivity index (χ4v) is 1.62. The first-order chi connectivity index (χ1) is 8.06. The van der Waals surface area contributed by atoms with Crippen molar-refractivity contribution in [2.75, 3.05) is 18.7 Å². The highest BCUT2D eigenvalue weighted by molar-refractivity contribution is 6.38. The van der Waals surface area contributed by atoms with Gasteiger partial charge in [-0.1, -0.05) is 11.6 Å². The molecule has 0 saturated heterocycles. The number of hydrogen-bond acceptors (Lipinski definition) is 5. The molecule has 17 heavy (non-hydrogen) atoms. The average molecular weight is 253 g/mol. The quantitative estimate of drug-likeness (QED) is 0.866. The largest absolute Gasteiger partial charge is 0.297 e. The molecule has 0 bridgehead atoms. The van der Waals surface area contributed by atoms with Crippen LogP contribution in [0.3, 0.4) is 0 Å². The van der Waals surface area contributed by atoms with Crippen LogP contribution in [0.25, 0.3) is 0 Å². The first-order valence-electron chi connectivity index (χ1n) is 5.16. The van der Waals surface area contributed by atoms with Gasteiger partial charge in [-0.3, -0.25) is 10.2 Å². The van der Waals surface area contributed by atoms with E-state index < -0.39 is 0 Å². The van der Waals surface area contributed by atoms with Gasteiger partial charge in [-0.25, -0.2) is 10.0 Å². The molecule has 90 valence electrons. The van der Waals surface area contributed by atoms with E-state index in [4.69, 9.17) is 11.6 Å². The van der Waals surface area contributed by atoms with Crippen LogP contribution in [0.5, 0.6) is 0 Å². The highest BCUT2D eigenvalue weighted by Crippen LogP contribution is 2.19. The molecule has 0 amide bonds. The summed E-state index contributed by atoms with van der Waals surface area (Å²) < 4.78 is 0. The van der Waals surface area contributed by atoms with Crippen LogP contribution in [0.2, 0.25) is 5.02 Å². The van der Waals surface area contributed by atoms with Gasteiger partial charge in [-0.05, 0) is 24.3 Å². The summed E-state index contributed by atoms with van der Waals surface area (Å²) in [7, 11) is 1.85. The van der Waals surface area contributed by atoms with Crippen LogP contribution in [0.1, 0.15) is 6.92 Å². The van der Waals surface area contributed by atoms with Crippen molar-refractivity contribution in [3.63, 3.8) is 0 Å². The minimum atomic E-state index is -0.101. The normalized spacial score (nSPS) is 16.4. The molecule has 2 rings (SSSR count). The number of carbonyl (C=O) groups excluding carboxylic acids is 1. The Bertz CT molecular complexity index is 457. The van der Waals surface area contributed by atoms with Crippen molar-refractivity contribution in [2.45, 2.75) is 6.92 Å². The maximum absolute atomic E-state index is 11.3. The number of amidine groups is 1. The minimum absolute atomic E-state index is 0.101. The van der Waals surface area contributed by atoms with E-state index in [1.54, 1.807) is 22.2 Å². The lowest BCUT2D eigenvalue weighted by molar-refractivity contribution is -0.111. The first-order valence-corrected chi connectivity index (χ1v) is 5.54. The van der Waals surface area contributed by atoms with Gasteiger partial charge in [-0.2, -0.15) is 0 Å². The van der Waals surface area contributed by atoms with E-state index in [1.807, 2.05) is 19.2 Å². The Morgan fingerprint density at radius 1 is 1.41 bits per heavy atom. The van der Waals surface area contributed by atoms with E-state index in [0.717, 1.165) is 5.69 Å². The van der Waals surface area contributed by atoms with Crippen LogP contribution in [-0.4, -0.2) is 30.3 Å². The summed E-state index contributed by atoms with van der Waals surface area (Å²) in [6.45, 7) is 2.03. The zero-order chi connectivity index (χ0) is 12.4. The number of hydrazone groups is 1. The molecule has 0 aromatic heterocycles. The number of nitrogens with zero attached hydrogens (tertiary/aromatic N) is 3. The molecule has 1 heterocycles. The van der Waals surface area contributed by atoms with Crippen LogP contribution in [-0.2, 0) is 4.79 Å². The second-order valence-electron chi connectivity index (χ2n) is 3.83. The van der Waals surface area contributed by atoms with E-state index in [0.29, 0.717) is 17.5 Å². The monoisotopic (exact) mass is 252 g/mol. The Morgan fingerprint density at radius 3 is 2.65 bits per heavy atom. The second-order valence-corrected chi connectivity index (χ2v) is 4.27. The zero-order valence-electron chi connectivity index (χ0n) is 9.64. The predicted octanol–water partition coefficient (Wildman–Crippen LogP) is 1.46. The van der Waals surface area contributed by atoms with E-state index >= 15 is 0 Å². The standard InChI is InChI=1S/C11H13ClN4O/c1-8(17)11-13-15(2)7-16(14-11)10-5-3-9(12)4-6-10/h3-6H,7H2,1-2H3,(H,13,14). The van der Waals surface area contributed by atoms with E-state index in [1.165, 1.54) is 6.92 Å². The summed E-state index contributed by atoms with van der Waals surface area (Å²) >= 11 is 5.83. The van der Waals surface area contributed by atoms with E-state index in [-0.39, 0.29) is 5.78 Å². The summed E-state index contributed by atoms with van der Waals surface area (Å²) in [5.41, 5.74) is 3.78. The van der Waals surface area contributed by atoms with Gasteiger partial charge in [-0.15, -0.1) is 5.10 Å². The molecular formula is C11H13ClN4O. The number of Topliss-reactive ketones (excluding diaryl/α,β-unsaturated/α-hetero) is 1. The third-order valence-electron chi connectivity index (χ3n) is 2.32. The van der Waals surface area contributed by atoms with Gasteiger partial charge < -0.3 is 0 Å². The number of hydrogen-bond donors (Lipinski definition) is 1. The third-order valence-corrected chi connectivity index (χ3v) is 2.57. The van der Waals surface area contributed by atoms with Crippen molar-refractivity contribution < 1.29 is 4.79 Å². The number of ketones is 1. The lowest BCUT2D eigenvalue weighted by Gasteiger charge is -2.31. The van der Waals surface area contributed by atoms with E-state index in [9.17, 15) is 4.79 Å². The third kappa shape index (κ3) is 2.75. The van der Waals surface area contributed by atoms with Crippen LogP contribution >= 0.6 is 11.6 Å². The van der Waals surface area contributed by atoms with Gasteiger partial charge >= 0.3 is 0 Å². The Balaban J connectivity index is 2.28. The van der Waals surface area contributed by atoms with Crippen molar-refractivity contribution in [3.05, 3.63) is 29.3 Å². The molecule has 5 nitrogen and oxygen atoms in total. The molecule has 0 spiro atoms. The van der Waals surface area contributed by atoms with Crippen molar-refractivity contribution in [1.29, 1.82) is 0 Å². The highest BCUT2D eigenvalue weighted by atomic mass is 35.5. The number of benzene rings is 1. The number of nitrogens with one attached hydrogen (secondary N) is 1. The maximum Gasteiger partial charge on any atom is 0.204 e. The Labute approximate surface area is 105 Å². The molecule has 1 aromatic rings. The topological polar surface area (TPSA) is 47.9 Å². The van der Waals surface area contributed by atoms with Crippen molar-refractivity contribution >= 4 is 28.9 Å². The molecule has 0 fully saturated rings. The molecule has 1 aromatic carbocycles. The molecule has 6 heteroatoms. The number of hydrazine groups is 1.